The topological polar surface area (TPSA) is 79.2 Å². The maximum absolute atomic E-state index is 9.44. The lowest BCUT2D eigenvalue weighted by Gasteiger charge is -2.39. The number of aliphatic hydroxyl groups excluding tert-OH is 3. The monoisotopic (exact) mass is 188 g/mol. The quantitative estimate of drug-likeness (QED) is 0.384. The van der Waals surface area contributed by atoms with E-state index in [0.29, 0.717) is 0 Å². The first-order chi connectivity index (χ1) is 6.07. The van der Waals surface area contributed by atoms with Gasteiger partial charge in [0.05, 0.1) is 12.6 Å². The molecular formula is C6H14B2O5. The molecule has 0 spiro atoms. The molecule has 3 N–H and O–H groups in total. The lowest BCUT2D eigenvalue weighted by Crippen LogP contribution is -2.58. The molecular weight excluding hydrogens is 174 g/mol. The molecule has 1 rings (SSSR count). The summed E-state index contributed by atoms with van der Waals surface area (Å²) >= 11 is 0. The number of hydrogen-bond donors (Lipinski definition) is 3. The highest BCUT2D eigenvalue weighted by atomic mass is 16.6. The summed E-state index contributed by atoms with van der Waals surface area (Å²) in [6.45, 7) is 0.204. The Morgan fingerprint density at radius 2 is 1.77 bits per heavy atom. The minimum absolute atomic E-state index is 0.204. The fraction of sp³-hybridized carbons (Fsp3) is 1.00. The third-order valence-corrected chi connectivity index (χ3v) is 2.28. The molecule has 1 aliphatic heterocycles. The average Bonchev–Trinajstić information content (AvgIpc) is 2.11. The Hall–Kier alpha value is -0.0701. The standard InChI is InChI=1S/C6H14B2O5/c7-6-5(11)4(10)3(9)2(13-6)1-12-8/h2-6,9-11H,1,7-8H2. The summed E-state index contributed by atoms with van der Waals surface area (Å²) in [5, 5.41) is 28.1. The molecule has 0 bridgehead atoms. The maximum Gasteiger partial charge on any atom is 0.257 e. The number of aliphatic hydroxyl groups is 3. The fourth-order valence-corrected chi connectivity index (χ4v) is 1.44. The van der Waals surface area contributed by atoms with Crippen LogP contribution in [0.25, 0.3) is 0 Å². The molecule has 7 heteroatoms. The van der Waals surface area contributed by atoms with Crippen molar-refractivity contribution < 1.29 is 24.7 Å². The molecule has 0 aliphatic carbocycles. The van der Waals surface area contributed by atoms with E-state index in [1.807, 2.05) is 0 Å². The first-order valence-electron chi connectivity index (χ1n) is 4.26. The van der Waals surface area contributed by atoms with E-state index < -0.39 is 30.4 Å². The van der Waals surface area contributed by atoms with E-state index in [1.165, 1.54) is 8.05 Å². The molecule has 13 heavy (non-hydrogen) atoms. The van der Waals surface area contributed by atoms with Gasteiger partial charge >= 0.3 is 0 Å². The zero-order valence-electron chi connectivity index (χ0n) is 7.75. The molecule has 0 amide bonds. The van der Waals surface area contributed by atoms with Gasteiger partial charge in [-0.05, 0) is 0 Å². The number of ether oxygens (including phenoxy) is 1. The summed E-state index contributed by atoms with van der Waals surface area (Å²) in [4.78, 5) is 0. The molecule has 0 aromatic carbocycles. The molecule has 0 aromatic heterocycles. The van der Waals surface area contributed by atoms with Crippen LogP contribution in [0.5, 0.6) is 0 Å². The summed E-state index contributed by atoms with van der Waals surface area (Å²) in [5.41, 5.74) is 0. The molecule has 5 atom stereocenters. The second-order valence-corrected chi connectivity index (χ2v) is 3.31. The second-order valence-electron chi connectivity index (χ2n) is 3.31. The van der Waals surface area contributed by atoms with Crippen LogP contribution in [0.1, 0.15) is 0 Å². The summed E-state index contributed by atoms with van der Waals surface area (Å²) in [6.07, 6.45) is -3.86. The van der Waals surface area contributed by atoms with Gasteiger partial charge in [-0.25, -0.2) is 0 Å². The molecule has 5 nitrogen and oxygen atoms in total. The van der Waals surface area contributed by atoms with Crippen molar-refractivity contribution in [2.24, 2.45) is 0 Å². The maximum atomic E-state index is 9.44. The van der Waals surface area contributed by atoms with Gasteiger partial charge in [0.25, 0.3) is 8.05 Å². The zero-order chi connectivity index (χ0) is 10.0. The fourth-order valence-electron chi connectivity index (χ4n) is 1.44. The van der Waals surface area contributed by atoms with Gasteiger partial charge in [-0.3, -0.25) is 0 Å². The summed E-state index contributed by atoms with van der Waals surface area (Å²) in [5.74, 6) is 0. The van der Waals surface area contributed by atoms with Crippen LogP contribution in [-0.2, 0) is 9.39 Å². The van der Waals surface area contributed by atoms with Crippen molar-refractivity contribution in [3.8, 4) is 0 Å². The van der Waals surface area contributed by atoms with Crippen LogP contribution in [-0.4, -0.2) is 68.2 Å². The van der Waals surface area contributed by atoms with Crippen molar-refractivity contribution in [1.29, 1.82) is 0 Å². The number of rotatable bonds is 2. The highest BCUT2D eigenvalue weighted by molar-refractivity contribution is 6.11. The third kappa shape index (κ3) is 2.24. The Bertz CT molecular complexity index is 169. The minimum Gasteiger partial charge on any atom is -0.441 e. The van der Waals surface area contributed by atoms with Crippen molar-refractivity contribution in [3.63, 3.8) is 0 Å². The first kappa shape index (κ1) is 11.0. The first-order valence-corrected chi connectivity index (χ1v) is 4.26. The highest BCUT2D eigenvalue weighted by Gasteiger charge is 2.41. The zero-order valence-corrected chi connectivity index (χ0v) is 7.75. The van der Waals surface area contributed by atoms with E-state index in [1.54, 1.807) is 7.85 Å². The predicted octanol–water partition coefficient (Wildman–Crippen LogP) is -4.01. The van der Waals surface area contributed by atoms with Gasteiger partial charge in [-0.15, -0.1) is 0 Å². The SMILES string of the molecule is BOCC1OC(B)C(O)C(O)C1O. The molecule has 74 valence electrons. The van der Waals surface area contributed by atoms with Gasteiger partial charge in [-0.2, -0.15) is 0 Å². The van der Waals surface area contributed by atoms with Gasteiger partial charge in [0, 0.05) is 0 Å². The van der Waals surface area contributed by atoms with Gasteiger partial charge in [-0.1, -0.05) is 0 Å². The summed E-state index contributed by atoms with van der Waals surface area (Å²) < 4.78 is 10.0. The van der Waals surface area contributed by atoms with Crippen molar-refractivity contribution in [2.45, 2.75) is 30.4 Å². The lowest BCUT2D eigenvalue weighted by molar-refractivity contribution is -0.206. The van der Waals surface area contributed by atoms with Crippen molar-refractivity contribution in [3.05, 3.63) is 0 Å². The van der Waals surface area contributed by atoms with Crippen LogP contribution in [0.15, 0.2) is 0 Å². The van der Waals surface area contributed by atoms with Gasteiger partial charge < -0.3 is 24.7 Å². The Kier molecular flexibility index (Phi) is 3.75. The van der Waals surface area contributed by atoms with Gasteiger partial charge in [0.2, 0.25) is 0 Å². The molecule has 1 heterocycles. The largest absolute Gasteiger partial charge is 0.441 e. The van der Waals surface area contributed by atoms with Crippen LogP contribution in [0, 0.1) is 0 Å². The van der Waals surface area contributed by atoms with Crippen molar-refractivity contribution in [1.82, 2.24) is 0 Å². The Labute approximate surface area is 78.5 Å². The van der Waals surface area contributed by atoms with Crippen LogP contribution >= 0.6 is 0 Å². The van der Waals surface area contributed by atoms with E-state index in [4.69, 9.17) is 9.39 Å². The van der Waals surface area contributed by atoms with E-state index in [-0.39, 0.29) is 6.61 Å². The third-order valence-electron chi connectivity index (χ3n) is 2.28. The Balaban J connectivity index is 2.59. The summed E-state index contributed by atoms with van der Waals surface area (Å²) in [7, 11) is 3.13. The van der Waals surface area contributed by atoms with E-state index >= 15 is 0 Å². The molecule has 0 saturated carbocycles. The highest BCUT2D eigenvalue weighted by Crippen LogP contribution is 2.19. The minimum atomic E-state index is -1.16. The van der Waals surface area contributed by atoms with Crippen molar-refractivity contribution in [2.75, 3.05) is 6.61 Å². The number of hydrogen-bond acceptors (Lipinski definition) is 5. The Morgan fingerprint density at radius 1 is 1.15 bits per heavy atom. The molecule has 0 radical (unpaired) electrons. The molecule has 5 unspecified atom stereocenters. The van der Waals surface area contributed by atoms with E-state index in [9.17, 15) is 15.3 Å². The molecule has 1 fully saturated rings. The average molecular weight is 188 g/mol. The smallest absolute Gasteiger partial charge is 0.257 e. The van der Waals surface area contributed by atoms with Gasteiger partial charge in [0.1, 0.15) is 32.3 Å². The second kappa shape index (κ2) is 4.43. The van der Waals surface area contributed by atoms with Crippen LogP contribution in [0.4, 0.5) is 0 Å². The van der Waals surface area contributed by atoms with E-state index in [0.717, 1.165) is 0 Å². The molecule has 1 saturated heterocycles. The van der Waals surface area contributed by atoms with Crippen LogP contribution in [0.3, 0.4) is 0 Å². The molecule has 1 aliphatic rings. The van der Waals surface area contributed by atoms with Crippen molar-refractivity contribution >= 4 is 15.9 Å². The van der Waals surface area contributed by atoms with Gasteiger partial charge in [0.15, 0.2) is 0 Å². The lowest BCUT2D eigenvalue weighted by atomic mass is 9.85. The predicted molar refractivity (Wildman–Crippen MR) is 49.7 cm³/mol. The van der Waals surface area contributed by atoms with E-state index in [2.05, 4.69) is 0 Å². The van der Waals surface area contributed by atoms with Crippen LogP contribution in [0.2, 0.25) is 0 Å². The molecule has 0 aromatic rings. The van der Waals surface area contributed by atoms with Crippen LogP contribution < -0.4 is 0 Å². The normalized spacial score (nSPS) is 46.2. The Morgan fingerprint density at radius 3 is 2.31 bits per heavy atom. The summed E-state index contributed by atoms with van der Waals surface area (Å²) in [6, 6.07) is -0.487.